The minimum atomic E-state index is -3.15. The van der Waals surface area contributed by atoms with Gasteiger partial charge in [0.15, 0.2) is 9.84 Å². The molecule has 0 radical (unpaired) electrons. The van der Waals surface area contributed by atoms with Gasteiger partial charge in [0.05, 0.1) is 16.4 Å². The molecule has 0 saturated carbocycles. The van der Waals surface area contributed by atoms with Crippen LogP contribution in [0.15, 0.2) is 54.6 Å². The fourth-order valence-corrected chi connectivity index (χ4v) is 4.79. The summed E-state index contributed by atoms with van der Waals surface area (Å²) in [6.45, 7) is 0.289. The predicted octanol–water partition coefficient (Wildman–Crippen LogP) is 2.42. The zero-order chi connectivity index (χ0) is 18.7. The second-order valence-electron chi connectivity index (χ2n) is 6.28. The van der Waals surface area contributed by atoms with Gasteiger partial charge in [0.2, 0.25) is 0 Å². The molecule has 0 bridgehead atoms. The van der Waals surface area contributed by atoms with E-state index in [1.54, 1.807) is 4.90 Å². The highest BCUT2D eigenvalue weighted by molar-refractivity contribution is 7.91. The quantitative estimate of drug-likeness (QED) is 0.591. The Balaban J connectivity index is 1.89. The van der Waals surface area contributed by atoms with E-state index in [0.717, 1.165) is 5.56 Å². The summed E-state index contributed by atoms with van der Waals surface area (Å²) in [5.41, 5.74) is 1.10. The lowest BCUT2D eigenvalue weighted by Crippen LogP contribution is -2.40. The summed E-state index contributed by atoms with van der Waals surface area (Å²) in [6.07, 6.45) is 0.397. The van der Waals surface area contributed by atoms with Gasteiger partial charge in [-0.1, -0.05) is 30.3 Å². The molecule has 1 heterocycles. The monoisotopic (exact) mass is 374 g/mol. The summed E-state index contributed by atoms with van der Waals surface area (Å²) >= 11 is 0. The van der Waals surface area contributed by atoms with Crippen molar-refractivity contribution in [2.24, 2.45) is 0 Å². The zero-order valence-electron chi connectivity index (χ0n) is 13.9. The molecular formula is C18H18N2O5S. The Morgan fingerprint density at radius 1 is 1.12 bits per heavy atom. The third kappa shape index (κ3) is 4.08. The van der Waals surface area contributed by atoms with Crippen LogP contribution in [0.2, 0.25) is 0 Å². The maximum Gasteiger partial charge on any atom is 0.269 e. The molecule has 1 saturated heterocycles. The Morgan fingerprint density at radius 3 is 2.31 bits per heavy atom. The van der Waals surface area contributed by atoms with Crippen molar-refractivity contribution in [1.29, 1.82) is 0 Å². The van der Waals surface area contributed by atoms with E-state index in [9.17, 15) is 23.3 Å². The van der Waals surface area contributed by atoms with Crippen LogP contribution in [0.3, 0.4) is 0 Å². The molecule has 1 unspecified atom stereocenters. The van der Waals surface area contributed by atoms with Crippen LogP contribution in [-0.2, 0) is 16.4 Å². The molecule has 2 aromatic carbocycles. The number of nitro benzene ring substituents is 1. The summed E-state index contributed by atoms with van der Waals surface area (Å²) in [6, 6.07) is 14.3. The van der Waals surface area contributed by atoms with Crippen molar-refractivity contribution in [1.82, 2.24) is 4.90 Å². The van der Waals surface area contributed by atoms with Crippen LogP contribution in [0.1, 0.15) is 22.3 Å². The molecule has 0 aromatic heterocycles. The highest BCUT2D eigenvalue weighted by Crippen LogP contribution is 2.23. The lowest BCUT2D eigenvalue weighted by molar-refractivity contribution is -0.384. The van der Waals surface area contributed by atoms with Gasteiger partial charge in [0, 0.05) is 30.3 Å². The first-order valence-electron chi connectivity index (χ1n) is 8.15. The first-order chi connectivity index (χ1) is 12.4. The van der Waals surface area contributed by atoms with Gasteiger partial charge in [0.25, 0.3) is 11.6 Å². The van der Waals surface area contributed by atoms with Crippen molar-refractivity contribution in [3.05, 3.63) is 75.8 Å². The standard InChI is InChI=1S/C18H18N2O5S/c21-18(15-6-8-16(9-7-15)20(22)23)19(12-14-4-2-1-3-5-14)17-10-11-26(24,25)13-17/h1-9,17H,10-13H2. The molecule has 136 valence electrons. The summed E-state index contributed by atoms with van der Waals surface area (Å²) in [4.78, 5) is 24.8. The van der Waals surface area contributed by atoms with Crippen LogP contribution in [0, 0.1) is 10.1 Å². The molecule has 1 amide bonds. The van der Waals surface area contributed by atoms with Gasteiger partial charge in [-0.2, -0.15) is 0 Å². The molecule has 8 heteroatoms. The van der Waals surface area contributed by atoms with E-state index in [4.69, 9.17) is 0 Å². The van der Waals surface area contributed by atoms with Crippen LogP contribution >= 0.6 is 0 Å². The summed E-state index contributed by atoms with van der Waals surface area (Å²) in [5.74, 6) is -0.319. The van der Waals surface area contributed by atoms with Crippen molar-refractivity contribution in [3.8, 4) is 0 Å². The smallest absolute Gasteiger partial charge is 0.269 e. The Labute approximate surface area is 151 Å². The minimum absolute atomic E-state index is 0.0570. The summed E-state index contributed by atoms with van der Waals surface area (Å²) in [5, 5.41) is 10.8. The predicted molar refractivity (Wildman–Crippen MR) is 96.5 cm³/mol. The van der Waals surface area contributed by atoms with Gasteiger partial charge in [-0.3, -0.25) is 14.9 Å². The molecule has 26 heavy (non-hydrogen) atoms. The lowest BCUT2D eigenvalue weighted by Gasteiger charge is -2.28. The molecule has 1 aliphatic rings. The van der Waals surface area contributed by atoms with E-state index in [2.05, 4.69) is 0 Å². The first-order valence-corrected chi connectivity index (χ1v) is 9.98. The van der Waals surface area contributed by atoms with E-state index in [1.165, 1.54) is 24.3 Å². The number of hydrogen-bond donors (Lipinski definition) is 0. The Hall–Kier alpha value is -2.74. The minimum Gasteiger partial charge on any atom is -0.330 e. The van der Waals surface area contributed by atoms with Gasteiger partial charge >= 0.3 is 0 Å². The molecule has 1 fully saturated rings. The molecule has 2 aromatic rings. The molecule has 3 rings (SSSR count). The molecule has 1 atom stereocenters. The highest BCUT2D eigenvalue weighted by atomic mass is 32.2. The number of rotatable bonds is 5. The first kappa shape index (κ1) is 18.1. The maximum atomic E-state index is 13.0. The number of sulfone groups is 1. The van der Waals surface area contributed by atoms with Crippen molar-refractivity contribution >= 4 is 21.4 Å². The van der Waals surface area contributed by atoms with Crippen molar-refractivity contribution in [3.63, 3.8) is 0 Å². The van der Waals surface area contributed by atoms with Crippen LogP contribution in [0.5, 0.6) is 0 Å². The topological polar surface area (TPSA) is 97.6 Å². The molecule has 0 N–H and O–H groups in total. The van der Waals surface area contributed by atoms with E-state index >= 15 is 0 Å². The van der Waals surface area contributed by atoms with Crippen molar-refractivity contribution < 1.29 is 18.1 Å². The second-order valence-corrected chi connectivity index (χ2v) is 8.51. The lowest BCUT2D eigenvalue weighted by atomic mass is 10.1. The third-order valence-corrected chi connectivity index (χ3v) is 6.18. The van der Waals surface area contributed by atoms with Crippen LogP contribution < -0.4 is 0 Å². The zero-order valence-corrected chi connectivity index (χ0v) is 14.8. The van der Waals surface area contributed by atoms with Crippen LogP contribution in [0.25, 0.3) is 0 Å². The number of non-ortho nitro benzene ring substituents is 1. The average molecular weight is 374 g/mol. The van der Waals surface area contributed by atoms with Crippen LogP contribution in [0.4, 0.5) is 5.69 Å². The van der Waals surface area contributed by atoms with Gasteiger partial charge < -0.3 is 4.90 Å². The van der Waals surface area contributed by atoms with Crippen molar-refractivity contribution in [2.75, 3.05) is 11.5 Å². The normalized spacial score (nSPS) is 18.4. The van der Waals surface area contributed by atoms with E-state index in [0.29, 0.717) is 12.0 Å². The SMILES string of the molecule is O=C(c1ccc([N+](=O)[O-])cc1)N(Cc1ccccc1)C1CCS(=O)(=O)C1. The van der Waals surface area contributed by atoms with E-state index < -0.39 is 20.8 Å². The maximum absolute atomic E-state index is 13.0. The Kier molecular flexibility index (Phi) is 5.03. The van der Waals surface area contributed by atoms with Gasteiger partial charge in [0.1, 0.15) is 0 Å². The number of nitrogens with zero attached hydrogens (tertiary/aromatic N) is 2. The Morgan fingerprint density at radius 2 is 1.77 bits per heavy atom. The van der Waals surface area contributed by atoms with Crippen molar-refractivity contribution in [2.45, 2.75) is 19.0 Å². The van der Waals surface area contributed by atoms with Gasteiger partial charge in [-0.05, 0) is 24.1 Å². The highest BCUT2D eigenvalue weighted by Gasteiger charge is 2.35. The second kappa shape index (κ2) is 7.25. The Bertz CT molecular complexity index is 910. The largest absolute Gasteiger partial charge is 0.330 e. The number of hydrogen-bond acceptors (Lipinski definition) is 5. The third-order valence-electron chi connectivity index (χ3n) is 4.43. The van der Waals surface area contributed by atoms with E-state index in [-0.39, 0.29) is 29.6 Å². The van der Waals surface area contributed by atoms with E-state index in [1.807, 2.05) is 30.3 Å². The fraction of sp³-hybridized carbons (Fsp3) is 0.278. The number of carbonyl (C=O) groups excluding carboxylic acids is 1. The summed E-state index contributed by atoms with van der Waals surface area (Å²) in [7, 11) is -3.15. The molecule has 0 aliphatic carbocycles. The number of carbonyl (C=O) groups is 1. The number of benzene rings is 2. The molecule has 1 aliphatic heterocycles. The number of amides is 1. The molecule has 0 spiro atoms. The fourth-order valence-electron chi connectivity index (χ4n) is 3.06. The van der Waals surface area contributed by atoms with Crippen LogP contribution in [-0.4, -0.2) is 41.7 Å². The van der Waals surface area contributed by atoms with Gasteiger partial charge in [-0.15, -0.1) is 0 Å². The average Bonchev–Trinajstić information content (AvgIpc) is 2.99. The molecular weight excluding hydrogens is 356 g/mol. The molecule has 7 nitrogen and oxygen atoms in total. The van der Waals surface area contributed by atoms with Gasteiger partial charge in [-0.25, -0.2) is 8.42 Å². The summed E-state index contributed by atoms with van der Waals surface area (Å²) < 4.78 is 23.7. The number of nitro groups is 1.